The number of rotatable bonds is 7. The molecule has 0 saturated heterocycles. The van der Waals surface area contributed by atoms with Crippen molar-refractivity contribution in [1.29, 1.82) is 0 Å². The number of halogens is 1. The zero-order valence-corrected chi connectivity index (χ0v) is 17.7. The number of ketones is 1. The lowest BCUT2D eigenvalue weighted by Crippen LogP contribution is -2.05. The van der Waals surface area contributed by atoms with E-state index in [-0.39, 0.29) is 5.56 Å². The fourth-order valence-electron chi connectivity index (χ4n) is 3.19. The predicted molar refractivity (Wildman–Crippen MR) is 121 cm³/mol. The van der Waals surface area contributed by atoms with Crippen LogP contribution in [0.15, 0.2) is 72.8 Å². The zero-order valence-electron chi connectivity index (χ0n) is 16.2. The molecule has 4 rings (SSSR count). The number of carbonyl (C=O) groups is 1. The van der Waals surface area contributed by atoms with Gasteiger partial charge in [-0.1, -0.05) is 36.4 Å². The average Bonchev–Trinajstić information content (AvgIpc) is 3.39. The molecule has 0 aliphatic rings. The van der Waals surface area contributed by atoms with Crippen LogP contribution in [0.2, 0.25) is 5.02 Å². The maximum Gasteiger partial charge on any atom is 0.242 e. The summed E-state index contributed by atoms with van der Waals surface area (Å²) in [5.74, 6) is -0.881. The van der Waals surface area contributed by atoms with Gasteiger partial charge in [-0.3, -0.25) is 9.36 Å². The summed E-state index contributed by atoms with van der Waals surface area (Å²) < 4.78 is 6.80. The van der Waals surface area contributed by atoms with Crippen LogP contribution in [-0.4, -0.2) is 32.2 Å². The third-order valence-electron chi connectivity index (χ3n) is 4.54. The first-order valence-corrected chi connectivity index (χ1v) is 10.5. The number of hydrogen-bond acceptors (Lipinski definition) is 6. The highest BCUT2D eigenvalue weighted by atomic mass is 35.5. The van der Waals surface area contributed by atoms with Gasteiger partial charge in [0.15, 0.2) is 16.7 Å². The van der Waals surface area contributed by atoms with Crippen molar-refractivity contribution in [2.75, 3.05) is 6.61 Å². The Kier molecular flexibility index (Phi) is 5.79. The van der Waals surface area contributed by atoms with Crippen molar-refractivity contribution in [2.24, 2.45) is 0 Å². The standard InChI is InChI=1S/C23H17ClN2O4S/c1-2-11-30-17-8-6-14(7-9-17)20(27)18-19(15-4-3-5-16(24)13-15)26(22(29)21(18)28)23-25-10-12-31-23/h2-10,12-13,28-29H,1,11H2. The molecule has 31 heavy (non-hydrogen) atoms. The molecule has 0 fully saturated rings. The normalized spacial score (nSPS) is 10.7. The van der Waals surface area contributed by atoms with E-state index in [2.05, 4.69) is 11.6 Å². The van der Waals surface area contributed by atoms with E-state index in [9.17, 15) is 15.0 Å². The van der Waals surface area contributed by atoms with Crippen molar-refractivity contribution in [3.05, 3.63) is 88.9 Å². The number of benzene rings is 2. The van der Waals surface area contributed by atoms with Gasteiger partial charge in [0.2, 0.25) is 5.88 Å². The molecule has 0 saturated carbocycles. The smallest absolute Gasteiger partial charge is 0.242 e. The molecule has 0 atom stereocenters. The van der Waals surface area contributed by atoms with E-state index in [1.807, 2.05) is 0 Å². The minimum absolute atomic E-state index is 0.0465. The Morgan fingerprint density at radius 2 is 2.00 bits per heavy atom. The van der Waals surface area contributed by atoms with E-state index in [4.69, 9.17) is 16.3 Å². The minimum atomic E-state index is -0.526. The fourth-order valence-corrected chi connectivity index (χ4v) is 4.03. The minimum Gasteiger partial charge on any atom is -0.503 e. The Morgan fingerprint density at radius 3 is 2.65 bits per heavy atom. The number of hydrogen-bond donors (Lipinski definition) is 2. The van der Waals surface area contributed by atoms with Gasteiger partial charge in [0.25, 0.3) is 0 Å². The van der Waals surface area contributed by atoms with Crippen LogP contribution in [0.5, 0.6) is 17.4 Å². The van der Waals surface area contributed by atoms with E-state index < -0.39 is 17.4 Å². The molecular weight excluding hydrogens is 436 g/mol. The molecule has 2 aromatic heterocycles. The van der Waals surface area contributed by atoms with Gasteiger partial charge in [0, 0.05) is 27.7 Å². The first-order chi connectivity index (χ1) is 15.0. The van der Waals surface area contributed by atoms with E-state index >= 15 is 0 Å². The second-order valence-corrected chi connectivity index (χ2v) is 7.82. The first-order valence-electron chi connectivity index (χ1n) is 9.22. The maximum atomic E-state index is 13.4. The average molecular weight is 453 g/mol. The van der Waals surface area contributed by atoms with Crippen LogP contribution in [0.4, 0.5) is 0 Å². The number of nitrogens with zero attached hydrogens (tertiary/aromatic N) is 2. The molecule has 0 aliphatic carbocycles. The second kappa shape index (κ2) is 8.67. The van der Waals surface area contributed by atoms with E-state index in [0.29, 0.717) is 39.3 Å². The van der Waals surface area contributed by atoms with Crippen molar-refractivity contribution < 1.29 is 19.7 Å². The molecule has 2 aromatic carbocycles. The quantitative estimate of drug-likeness (QED) is 0.287. The van der Waals surface area contributed by atoms with Gasteiger partial charge in [-0.25, -0.2) is 4.98 Å². The monoisotopic (exact) mass is 452 g/mol. The molecule has 0 aliphatic heterocycles. The molecule has 8 heteroatoms. The Labute approximate surface area is 187 Å². The van der Waals surface area contributed by atoms with Crippen molar-refractivity contribution in [3.8, 4) is 33.8 Å². The molecule has 2 N–H and O–H groups in total. The molecule has 0 spiro atoms. The number of ether oxygens (including phenoxy) is 1. The van der Waals surface area contributed by atoms with Gasteiger partial charge in [0.1, 0.15) is 12.4 Å². The molecule has 0 radical (unpaired) electrons. The third-order valence-corrected chi connectivity index (χ3v) is 5.53. The highest BCUT2D eigenvalue weighted by Crippen LogP contribution is 2.44. The van der Waals surface area contributed by atoms with Gasteiger partial charge in [0.05, 0.1) is 11.3 Å². The topological polar surface area (TPSA) is 84.6 Å². The Morgan fingerprint density at radius 1 is 1.23 bits per heavy atom. The summed E-state index contributed by atoms with van der Waals surface area (Å²) in [5, 5.41) is 24.0. The number of carbonyl (C=O) groups excluding carboxylic acids is 1. The third kappa shape index (κ3) is 3.93. The summed E-state index contributed by atoms with van der Waals surface area (Å²) in [4.78, 5) is 17.6. The van der Waals surface area contributed by atoms with Crippen molar-refractivity contribution in [2.45, 2.75) is 0 Å². The molecule has 0 amide bonds. The summed E-state index contributed by atoms with van der Waals surface area (Å²) >= 11 is 7.43. The van der Waals surface area contributed by atoms with Crippen LogP contribution in [0.3, 0.4) is 0 Å². The van der Waals surface area contributed by atoms with Crippen LogP contribution in [-0.2, 0) is 0 Å². The maximum absolute atomic E-state index is 13.4. The molecular formula is C23H17ClN2O4S. The molecule has 6 nitrogen and oxygen atoms in total. The highest BCUT2D eigenvalue weighted by molar-refractivity contribution is 7.12. The Hall–Kier alpha value is -3.55. The van der Waals surface area contributed by atoms with Crippen molar-refractivity contribution in [1.82, 2.24) is 9.55 Å². The van der Waals surface area contributed by atoms with Crippen LogP contribution in [0.1, 0.15) is 15.9 Å². The van der Waals surface area contributed by atoms with E-state index in [1.54, 1.807) is 66.2 Å². The molecule has 0 unspecified atom stereocenters. The number of aromatic nitrogens is 2. The highest BCUT2D eigenvalue weighted by Gasteiger charge is 2.30. The van der Waals surface area contributed by atoms with E-state index in [0.717, 1.165) is 0 Å². The number of thiazole rings is 1. The van der Waals surface area contributed by atoms with Crippen LogP contribution in [0, 0.1) is 0 Å². The number of aromatic hydroxyl groups is 2. The SMILES string of the molecule is C=CCOc1ccc(C(=O)c2c(O)c(O)n(-c3nccs3)c2-c2cccc(Cl)c2)cc1. The zero-order chi connectivity index (χ0) is 22.0. The van der Waals surface area contributed by atoms with Crippen molar-refractivity contribution >= 4 is 28.7 Å². The summed E-state index contributed by atoms with van der Waals surface area (Å²) in [5.41, 5.74) is 1.12. The van der Waals surface area contributed by atoms with Crippen molar-refractivity contribution in [3.63, 3.8) is 0 Å². The Bertz CT molecular complexity index is 1250. The first kappa shape index (κ1) is 20.7. The molecule has 4 aromatic rings. The fraction of sp³-hybridized carbons (Fsp3) is 0.0435. The lowest BCUT2D eigenvalue weighted by molar-refractivity contribution is 0.103. The summed E-state index contributed by atoms with van der Waals surface area (Å²) in [6, 6.07) is 13.3. The van der Waals surface area contributed by atoms with Gasteiger partial charge >= 0.3 is 0 Å². The van der Waals surface area contributed by atoms with Crippen LogP contribution >= 0.6 is 22.9 Å². The van der Waals surface area contributed by atoms with Gasteiger partial charge in [-0.2, -0.15) is 0 Å². The molecule has 0 bridgehead atoms. The Balaban J connectivity index is 1.88. The predicted octanol–water partition coefficient (Wildman–Crippen LogP) is 5.46. The second-order valence-electron chi connectivity index (χ2n) is 6.51. The van der Waals surface area contributed by atoms with Crippen LogP contribution in [0.25, 0.3) is 16.4 Å². The van der Waals surface area contributed by atoms with Gasteiger partial charge in [-0.15, -0.1) is 11.3 Å². The largest absolute Gasteiger partial charge is 0.503 e. The molecule has 156 valence electrons. The summed E-state index contributed by atoms with van der Waals surface area (Å²) in [7, 11) is 0. The lowest BCUT2D eigenvalue weighted by Gasteiger charge is -2.10. The molecule has 2 heterocycles. The van der Waals surface area contributed by atoms with Gasteiger partial charge in [-0.05, 0) is 36.4 Å². The lowest BCUT2D eigenvalue weighted by atomic mass is 9.99. The van der Waals surface area contributed by atoms with E-state index in [1.165, 1.54) is 15.9 Å². The van der Waals surface area contributed by atoms with Crippen LogP contribution < -0.4 is 4.74 Å². The van der Waals surface area contributed by atoms with Gasteiger partial charge < -0.3 is 14.9 Å². The summed E-state index contributed by atoms with van der Waals surface area (Å²) in [6.45, 7) is 3.95. The summed E-state index contributed by atoms with van der Waals surface area (Å²) in [6.07, 6.45) is 3.19.